The lowest BCUT2D eigenvalue weighted by Crippen LogP contribution is -2.29. The number of carbonyl (C=O) groups is 1. The Labute approximate surface area is 184 Å². The normalized spacial score (nSPS) is 12.3. The fourth-order valence-electron chi connectivity index (χ4n) is 3.36. The molecule has 1 atom stereocenters. The van der Waals surface area contributed by atoms with Gasteiger partial charge in [-0.25, -0.2) is 8.42 Å². The molecule has 1 amide bonds. The third-order valence-corrected chi connectivity index (χ3v) is 7.34. The number of rotatable bonds is 7. The van der Waals surface area contributed by atoms with Crippen LogP contribution in [0.4, 0.5) is 5.69 Å². The first-order valence-electron chi connectivity index (χ1n) is 10.3. The first-order valence-corrected chi connectivity index (χ1v) is 11.7. The summed E-state index contributed by atoms with van der Waals surface area (Å²) in [4.78, 5) is 13.0. The second-order valence-corrected chi connectivity index (χ2v) is 9.58. The van der Waals surface area contributed by atoms with Crippen molar-refractivity contribution in [3.05, 3.63) is 95.1 Å². The van der Waals surface area contributed by atoms with Crippen molar-refractivity contribution in [3.8, 4) is 0 Å². The summed E-state index contributed by atoms with van der Waals surface area (Å²) in [6, 6.07) is 21.0. The van der Waals surface area contributed by atoms with E-state index >= 15 is 0 Å². The highest BCUT2D eigenvalue weighted by molar-refractivity contribution is 7.92. The van der Waals surface area contributed by atoms with Gasteiger partial charge < -0.3 is 5.32 Å². The predicted molar refractivity (Wildman–Crippen MR) is 125 cm³/mol. The zero-order valence-electron chi connectivity index (χ0n) is 18.3. The maximum atomic E-state index is 12.8. The SMILES string of the molecule is CC[C@@H](NC(=O)c1ccc(N(C)S(=O)(=O)c2ccccc2)cc1)c1ccc(C)c(C)c1. The lowest BCUT2D eigenvalue weighted by molar-refractivity contribution is 0.0935. The molecule has 0 heterocycles. The molecular weight excluding hydrogens is 408 g/mol. The highest BCUT2D eigenvalue weighted by Gasteiger charge is 2.21. The Hall–Kier alpha value is -3.12. The summed E-state index contributed by atoms with van der Waals surface area (Å²) in [5.74, 6) is -0.190. The molecule has 3 rings (SSSR count). The molecule has 3 aromatic rings. The third kappa shape index (κ3) is 4.97. The highest BCUT2D eigenvalue weighted by atomic mass is 32.2. The smallest absolute Gasteiger partial charge is 0.264 e. The van der Waals surface area contributed by atoms with E-state index in [1.54, 1.807) is 54.6 Å². The average Bonchev–Trinajstić information content (AvgIpc) is 2.79. The Morgan fingerprint density at radius 3 is 2.16 bits per heavy atom. The molecule has 0 fully saturated rings. The molecule has 6 heteroatoms. The summed E-state index contributed by atoms with van der Waals surface area (Å²) in [5.41, 5.74) is 4.45. The number of sulfonamides is 1. The van der Waals surface area contributed by atoms with E-state index in [0.29, 0.717) is 11.3 Å². The predicted octanol–water partition coefficient (Wildman–Crippen LogP) is 5.01. The number of nitrogens with zero attached hydrogens (tertiary/aromatic N) is 1. The minimum absolute atomic E-state index is 0.0902. The third-order valence-electron chi connectivity index (χ3n) is 5.54. The molecular formula is C25H28N2O3S. The molecule has 0 saturated carbocycles. The van der Waals surface area contributed by atoms with Crippen molar-refractivity contribution in [2.75, 3.05) is 11.4 Å². The average molecular weight is 437 g/mol. The standard InChI is InChI=1S/C25H28N2O3S/c1-5-24(21-12-11-18(2)19(3)17-21)26-25(28)20-13-15-22(16-14-20)27(4)31(29,30)23-9-7-6-8-10-23/h6-17,24H,5H2,1-4H3,(H,26,28)/t24-/m1/s1. The molecule has 0 spiro atoms. The lowest BCUT2D eigenvalue weighted by atomic mass is 9.99. The summed E-state index contributed by atoms with van der Waals surface area (Å²) < 4.78 is 26.8. The molecule has 1 N–H and O–H groups in total. The quantitative estimate of drug-likeness (QED) is 0.566. The van der Waals surface area contributed by atoms with Crippen molar-refractivity contribution in [1.82, 2.24) is 5.32 Å². The number of carbonyl (C=O) groups excluding carboxylic acids is 1. The maximum Gasteiger partial charge on any atom is 0.264 e. The molecule has 0 unspecified atom stereocenters. The zero-order chi connectivity index (χ0) is 22.6. The van der Waals surface area contributed by atoms with Gasteiger partial charge in [0.1, 0.15) is 0 Å². The van der Waals surface area contributed by atoms with Crippen LogP contribution in [0.3, 0.4) is 0 Å². The molecule has 0 aliphatic rings. The van der Waals surface area contributed by atoms with Crippen LogP contribution in [0.1, 0.15) is 46.4 Å². The molecule has 3 aromatic carbocycles. The minimum Gasteiger partial charge on any atom is -0.345 e. The van der Waals surface area contributed by atoms with Crippen molar-refractivity contribution in [2.45, 2.75) is 38.1 Å². The molecule has 0 aliphatic carbocycles. The van der Waals surface area contributed by atoms with E-state index in [4.69, 9.17) is 0 Å². The van der Waals surface area contributed by atoms with E-state index in [0.717, 1.165) is 12.0 Å². The van der Waals surface area contributed by atoms with Crippen molar-refractivity contribution >= 4 is 21.6 Å². The van der Waals surface area contributed by atoms with E-state index in [-0.39, 0.29) is 16.8 Å². The minimum atomic E-state index is -3.66. The van der Waals surface area contributed by atoms with Gasteiger partial charge >= 0.3 is 0 Å². The van der Waals surface area contributed by atoms with Crippen LogP contribution in [0.15, 0.2) is 77.7 Å². The van der Waals surface area contributed by atoms with Gasteiger partial charge in [-0.05, 0) is 73.4 Å². The summed E-state index contributed by atoms with van der Waals surface area (Å²) in [6.45, 7) is 6.16. The molecule has 0 aromatic heterocycles. The maximum absolute atomic E-state index is 12.8. The lowest BCUT2D eigenvalue weighted by Gasteiger charge is -2.21. The summed E-state index contributed by atoms with van der Waals surface area (Å²) in [6.07, 6.45) is 0.768. The van der Waals surface area contributed by atoms with Crippen molar-refractivity contribution in [2.24, 2.45) is 0 Å². The van der Waals surface area contributed by atoms with Gasteiger partial charge in [0.15, 0.2) is 0 Å². The second kappa shape index (κ2) is 9.35. The van der Waals surface area contributed by atoms with E-state index in [1.165, 1.54) is 22.5 Å². The van der Waals surface area contributed by atoms with Crippen LogP contribution in [-0.2, 0) is 10.0 Å². The Bertz CT molecular complexity index is 1160. The monoisotopic (exact) mass is 436 g/mol. The fraction of sp³-hybridized carbons (Fsp3) is 0.240. The van der Waals surface area contributed by atoms with E-state index in [9.17, 15) is 13.2 Å². The van der Waals surface area contributed by atoms with Gasteiger partial charge in [0.25, 0.3) is 15.9 Å². The van der Waals surface area contributed by atoms with Crippen molar-refractivity contribution < 1.29 is 13.2 Å². The number of amides is 1. The first-order chi connectivity index (χ1) is 14.7. The number of benzene rings is 3. The number of hydrogen-bond acceptors (Lipinski definition) is 3. The van der Waals surface area contributed by atoms with Crippen molar-refractivity contribution in [1.29, 1.82) is 0 Å². The van der Waals surface area contributed by atoms with Crippen LogP contribution in [0, 0.1) is 13.8 Å². The van der Waals surface area contributed by atoms with Crippen LogP contribution in [0.25, 0.3) is 0 Å². The number of anilines is 1. The van der Waals surface area contributed by atoms with Gasteiger partial charge in [-0.15, -0.1) is 0 Å². The highest BCUT2D eigenvalue weighted by Crippen LogP contribution is 2.23. The van der Waals surface area contributed by atoms with E-state index in [2.05, 4.69) is 31.3 Å². The molecule has 31 heavy (non-hydrogen) atoms. The van der Waals surface area contributed by atoms with Crippen molar-refractivity contribution in [3.63, 3.8) is 0 Å². The van der Waals surface area contributed by atoms with Gasteiger partial charge in [-0.2, -0.15) is 0 Å². The van der Waals surface area contributed by atoms with Crippen LogP contribution in [0.2, 0.25) is 0 Å². The van der Waals surface area contributed by atoms with Gasteiger partial charge in [-0.1, -0.05) is 43.3 Å². The van der Waals surface area contributed by atoms with Gasteiger partial charge in [0, 0.05) is 12.6 Å². The number of hydrogen-bond donors (Lipinski definition) is 1. The topological polar surface area (TPSA) is 66.5 Å². The Kier molecular flexibility index (Phi) is 6.81. The zero-order valence-corrected chi connectivity index (χ0v) is 19.1. The Balaban J connectivity index is 1.76. The Morgan fingerprint density at radius 2 is 1.58 bits per heavy atom. The summed E-state index contributed by atoms with van der Waals surface area (Å²) in [7, 11) is -2.15. The molecule has 0 saturated heterocycles. The summed E-state index contributed by atoms with van der Waals surface area (Å²) in [5, 5.41) is 3.08. The molecule has 162 valence electrons. The summed E-state index contributed by atoms with van der Waals surface area (Å²) >= 11 is 0. The van der Waals surface area contributed by atoms with Crippen LogP contribution < -0.4 is 9.62 Å². The largest absolute Gasteiger partial charge is 0.345 e. The molecule has 0 aliphatic heterocycles. The van der Waals surface area contributed by atoms with Gasteiger partial charge in [-0.3, -0.25) is 9.10 Å². The number of nitrogens with one attached hydrogen (secondary N) is 1. The Morgan fingerprint density at radius 1 is 0.935 bits per heavy atom. The molecule has 0 bridgehead atoms. The first kappa shape index (κ1) is 22.6. The second-order valence-electron chi connectivity index (χ2n) is 7.61. The van der Waals surface area contributed by atoms with Gasteiger partial charge in [0.05, 0.1) is 16.6 Å². The van der Waals surface area contributed by atoms with Crippen LogP contribution in [0.5, 0.6) is 0 Å². The number of aryl methyl sites for hydroxylation is 2. The van der Waals surface area contributed by atoms with Gasteiger partial charge in [0.2, 0.25) is 0 Å². The molecule has 0 radical (unpaired) electrons. The van der Waals surface area contributed by atoms with E-state index < -0.39 is 10.0 Å². The van der Waals surface area contributed by atoms with Crippen LogP contribution >= 0.6 is 0 Å². The fourth-order valence-corrected chi connectivity index (χ4v) is 4.57. The molecule has 5 nitrogen and oxygen atoms in total. The van der Waals surface area contributed by atoms with Crippen LogP contribution in [-0.4, -0.2) is 21.4 Å². The van der Waals surface area contributed by atoms with E-state index in [1.807, 2.05) is 13.0 Å².